The Morgan fingerprint density at radius 2 is 2.12 bits per heavy atom. The highest BCUT2D eigenvalue weighted by Crippen LogP contribution is 1.83. The Hall–Kier alpha value is -0.128. The van der Waals surface area contributed by atoms with Gasteiger partial charge in [-0.15, -0.1) is 0 Å². The maximum Gasteiger partial charge on any atom is 0.195 e. The largest absolute Gasteiger partial charge is 0.295 e. The molecule has 0 unspecified atom stereocenters. The SMILES string of the molecule is CCCC(=O)C=O.[AlH3]. The molecule has 0 aromatic heterocycles. The first-order valence-electron chi connectivity index (χ1n) is 2.29. The molecule has 0 spiro atoms. The quantitative estimate of drug-likeness (QED) is 0.289. The van der Waals surface area contributed by atoms with Crippen LogP contribution in [0.3, 0.4) is 0 Å². The lowest BCUT2D eigenvalue weighted by Crippen LogP contribution is -1.95. The van der Waals surface area contributed by atoms with Crippen LogP contribution in [-0.2, 0) is 9.59 Å². The van der Waals surface area contributed by atoms with E-state index in [0.717, 1.165) is 6.42 Å². The van der Waals surface area contributed by atoms with Gasteiger partial charge in [0.2, 0.25) is 0 Å². The molecule has 0 atom stereocenters. The maximum absolute atomic E-state index is 10.0. The van der Waals surface area contributed by atoms with Crippen molar-refractivity contribution in [3.8, 4) is 0 Å². The van der Waals surface area contributed by atoms with E-state index in [-0.39, 0.29) is 23.1 Å². The van der Waals surface area contributed by atoms with Gasteiger partial charge in [-0.1, -0.05) is 6.92 Å². The van der Waals surface area contributed by atoms with E-state index in [4.69, 9.17) is 0 Å². The third-order valence-electron chi connectivity index (χ3n) is 0.628. The number of hydrogen-bond donors (Lipinski definition) is 0. The molecule has 8 heavy (non-hydrogen) atoms. The van der Waals surface area contributed by atoms with Crippen LogP contribution < -0.4 is 0 Å². The highest BCUT2D eigenvalue weighted by molar-refractivity contribution is 6.24. The summed E-state index contributed by atoms with van der Waals surface area (Å²) in [5.74, 6) is -0.303. The highest BCUT2D eigenvalue weighted by atomic mass is 27.0. The Morgan fingerprint density at radius 3 is 2.25 bits per heavy atom. The van der Waals surface area contributed by atoms with Crippen LogP contribution in [0.15, 0.2) is 0 Å². The average molecular weight is 130 g/mol. The number of carbonyl (C=O) groups excluding carboxylic acids is 2. The van der Waals surface area contributed by atoms with Crippen LogP contribution >= 0.6 is 0 Å². The predicted octanol–water partition coefficient (Wildman–Crippen LogP) is -0.629. The minimum atomic E-state index is -0.303. The topological polar surface area (TPSA) is 34.1 Å². The molecule has 0 aliphatic heterocycles. The zero-order valence-corrected chi connectivity index (χ0v) is 4.31. The number of hydrogen-bond acceptors (Lipinski definition) is 2. The number of carbonyl (C=O) groups is 2. The molecule has 0 rings (SSSR count). The van der Waals surface area contributed by atoms with Gasteiger partial charge >= 0.3 is 0 Å². The smallest absolute Gasteiger partial charge is 0.195 e. The third kappa shape index (κ3) is 5.87. The molecule has 0 saturated carbocycles. The van der Waals surface area contributed by atoms with Crippen molar-refractivity contribution in [3.05, 3.63) is 0 Å². The van der Waals surface area contributed by atoms with Gasteiger partial charge in [-0.2, -0.15) is 0 Å². The van der Waals surface area contributed by atoms with Gasteiger partial charge in [0.15, 0.2) is 29.4 Å². The van der Waals surface area contributed by atoms with Crippen molar-refractivity contribution in [2.24, 2.45) is 0 Å². The number of rotatable bonds is 3. The summed E-state index contributed by atoms with van der Waals surface area (Å²) in [6.45, 7) is 1.86. The molecule has 0 aliphatic carbocycles. The van der Waals surface area contributed by atoms with Crippen LogP contribution in [-0.4, -0.2) is 29.4 Å². The van der Waals surface area contributed by atoms with Crippen LogP contribution in [0.5, 0.6) is 0 Å². The Kier molecular flexibility index (Phi) is 9.26. The molecule has 0 saturated heterocycles. The molecule has 0 heterocycles. The molecule has 0 aliphatic rings. The molecule has 46 valence electrons. The van der Waals surface area contributed by atoms with Crippen molar-refractivity contribution < 1.29 is 9.59 Å². The lowest BCUT2D eigenvalue weighted by Gasteiger charge is -1.79. The summed E-state index contributed by atoms with van der Waals surface area (Å²) in [5.41, 5.74) is 0. The van der Waals surface area contributed by atoms with Crippen molar-refractivity contribution in [1.82, 2.24) is 0 Å². The lowest BCUT2D eigenvalue weighted by atomic mass is 10.2. The lowest BCUT2D eigenvalue weighted by molar-refractivity contribution is -0.129. The van der Waals surface area contributed by atoms with Crippen molar-refractivity contribution in [2.75, 3.05) is 0 Å². The summed E-state index contributed by atoms with van der Waals surface area (Å²) < 4.78 is 0. The number of ketones is 1. The normalized spacial score (nSPS) is 7.12. The minimum Gasteiger partial charge on any atom is -0.295 e. The fourth-order valence-corrected chi connectivity index (χ4v) is 0.305. The number of Topliss-reactive ketones (excluding diaryl/α,β-unsaturated/α-hetero) is 1. The average Bonchev–Trinajstić information content (AvgIpc) is 1.68. The number of aldehydes is 1. The first-order chi connectivity index (χ1) is 3.31. The van der Waals surface area contributed by atoms with E-state index in [0.29, 0.717) is 12.7 Å². The summed E-state index contributed by atoms with van der Waals surface area (Å²) in [7, 11) is 0. The van der Waals surface area contributed by atoms with Crippen LogP contribution in [0.2, 0.25) is 0 Å². The Morgan fingerprint density at radius 1 is 1.62 bits per heavy atom. The third-order valence-corrected chi connectivity index (χ3v) is 0.628. The van der Waals surface area contributed by atoms with Crippen LogP contribution in [0, 0.1) is 0 Å². The summed E-state index contributed by atoms with van der Waals surface area (Å²) in [5, 5.41) is 0. The molecule has 0 aromatic rings. The standard InChI is InChI=1S/C5H8O2.Al.3H/c1-2-3-5(7)4-6;;;;/h4H,2-3H2,1H3;;;;. The summed E-state index contributed by atoms with van der Waals surface area (Å²) in [6.07, 6.45) is 1.52. The zero-order chi connectivity index (χ0) is 5.70. The summed E-state index contributed by atoms with van der Waals surface area (Å²) in [6, 6.07) is 0. The summed E-state index contributed by atoms with van der Waals surface area (Å²) >= 11 is 0. The molecule has 0 amide bonds. The van der Waals surface area contributed by atoms with E-state index in [1.165, 1.54) is 0 Å². The van der Waals surface area contributed by atoms with Gasteiger partial charge in [0.1, 0.15) is 0 Å². The molecule has 0 aromatic carbocycles. The first kappa shape index (κ1) is 10.8. The predicted molar refractivity (Wildman–Crippen MR) is 35.9 cm³/mol. The van der Waals surface area contributed by atoms with E-state index in [9.17, 15) is 9.59 Å². The second kappa shape index (κ2) is 6.87. The van der Waals surface area contributed by atoms with Gasteiger partial charge in [-0.25, -0.2) is 0 Å². The van der Waals surface area contributed by atoms with Crippen LogP contribution in [0.4, 0.5) is 0 Å². The van der Waals surface area contributed by atoms with E-state index < -0.39 is 0 Å². The van der Waals surface area contributed by atoms with E-state index in [1.54, 1.807) is 0 Å². The van der Waals surface area contributed by atoms with E-state index in [1.807, 2.05) is 6.92 Å². The van der Waals surface area contributed by atoms with Crippen molar-refractivity contribution >= 4 is 29.4 Å². The van der Waals surface area contributed by atoms with Gasteiger partial charge < -0.3 is 0 Å². The molecular formula is C5H11AlO2. The second-order valence-electron chi connectivity index (χ2n) is 1.33. The maximum atomic E-state index is 10.0. The fourth-order valence-electron chi connectivity index (χ4n) is 0.305. The van der Waals surface area contributed by atoms with Gasteiger partial charge in [0.25, 0.3) is 0 Å². The molecule has 3 heteroatoms. The van der Waals surface area contributed by atoms with Gasteiger partial charge in [0.05, 0.1) is 0 Å². The Balaban J connectivity index is 0. The van der Waals surface area contributed by atoms with Crippen LogP contribution in [0.25, 0.3) is 0 Å². The summed E-state index contributed by atoms with van der Waals surface area (Å²) in [4.78, 5) is 19.6. The van der Waals surface area contributed by atoms with E-state index >= 15 is 0 Å². The van der Waals surface area contributed by atoms with E-state index in [2.05, 4.69) is 0 Å². The Labute approximate surface area is 59.4 Å². The van der Waals surface area contributed by atoms with Gasteiger partial charge in [-0.05, 0) is 6.42 Å². The molecular weight excluding hydrogens is 119 g/mol. The van der Waals surface area contributed by atoms with Crippen LogP contribution in [0.1, 0.15) is 19.8 Å². The fraction of sp³-hybridized carbons (Fsp3) is 0.600. The van der Waals surface area contributed by atoms with Crippen molar-refractivity contribution in [1.29, 1.82) is 0 Å². The van der Waals surface area contributed by atoms with Crippen molar-refractivity contribution in [2.45, 2.75) is 19.8 Å². The second-order valence-corrected chi connectivity index (χ2v) is 1.33. The zero-order valence-electron chi connectivity index (χ0n) is 4.31. The molecule has 0 bridgehead atoms. The monoisotopic (exact) mass is 130 g/mol. The molecule has 0 radical (unpaired) electrons. The molecule has 0 fully saturated rings. The van der Waals surface area contributed by atoms with Crippen molar-refractivity contribution in [3.63, 3.8) is 0 Å². The molecule has 2 nitrogen and oxygen atoms in total. The molecule has 0 N–H and O–H groups in total. The highest BCUT2D eigenvalue weighted by Gasteiger charge is 1.92. The van der Waals surface area contributed by atoms with Gasteiger partial charge in [-0.3, -0.25) is 9.59 Å². The first-order valence-corrected chi connectivity index (χ1v) is 2.29. The minimum absolute atomic E-state index is 0. The van der Waals surface area contributed by atoms with Gasteiger partial charge in [0, 0.05) is 6.42 Å². The Bertz CT molecular complexity index is 80.5.